The lowest BCUT2D eigenvalue weighted by molar-refractivity contribution is 0.157. The van der Waals surface area contributed by atoms with E-state index in [4.69, 9.17) is 0 Å². The third-order valence-electron chi connectivity index (χ3n) is 5.80. The van der Waals surface area contributed by atoms with Crippen molar-refractivity contribution >= 4 is 41.3 Å². The summed E-state index contributed by atoms with van der Waals surface area (Å²) in [6.07, 6.45) is 6.39. The van der Waals surface area contributed by atoms with Crippen LogP contribution in [0.1, 0.15) is 44.6 Å². The Labute approximate surface area is 186 Å². The third-order valence-corrected chi connectivity index (χ3v) is 6.53. The van der Waals surface area contributed by atoms with Gasteiger partial charge in [-0.15, -0.1) is 24.0 Å². The second-order valence-electron chi connectivity index (χ2n) is 7.56. The van der Waals surface area contributed by atoms with Gasteiger partial charge < -0.3 is 10.6 Å². The lowest BCUT2D eigenvalue weighted by atomic mass is 10.0. The molecule has 1 atom stereocenters. The minimum atomic E-state index is 0. The van der Waals surface area contributed by atoms with Crippen molar-refractivity contribution in [3.8, 4) is 0 Å². The van der Waals surface area contributed by atoms with Crippen LogP contribution in [0.5, 0.6) is 0 Å². The summed E-state index contributed by atoms with van der Waals surface area (Å²) in [7, 11) is 1.89. The molecule has 2 fully saturated rings. The second kappa shape index (κ2) is 12.2. The van der Waals surface area contributed by atoms with Gasteiger partial charge in [-0.1, -0.05) is 13.3 Å². The first-order valence-electron chi connectivity index (χ1n) is 10.2. The lowest BCUT2D eigenvalue weighted by Crippen LogP contribution is -2.52. The summed E-state index contributed by atoms with van der Waals surface area (Å²) in [6, 6.07) is 3.43. The summed E-state index contributed by atoms with van der Waals surface area (Å²) in [5.74, 6) is 0.975. The van der Waals surface area contributed by atoms with Crippen molar-refractivity contribution < 1.29 is 0 Å². The minimum absolute atomic E-state index is 0. The monoisotopic (exact) mass is 505 g/mol. The van der Waals surface area contributed by atoms with E-state index in [2.05, 4.69) is 49.2 Å². The number of nitrogens with one attached hydrogen (secondary N) is 2. The summed E-state index contributed by atoms with van der Waals surface area (Å²) in [4.78, 5) is 9.63. The largest absolute Gasteiger partial charge is 0.355 e. The van der Waals surface area contributed by atoms with Crippen molar-refractivity contribution in [2.75, 3.05) is 39.8 Å². The zero-order valence-electron chi connectivity index (χ0n) is 16.8. The maximum atomic E-state index is 4.46. The number of guanidine groups is 1. The van der Waals surface area contributed by atoms with Crippen LogP contribution in [-0.4, -0.2) is 67.6 Å². The minimum Gasteiger partial charge on any atom is -0.355 e. The van der Waals surface area contributed by atoms with Crippen LogP contribution in [0.3, 0.4) is 0 Å². The summed E-state index contributed by atoms with van der Waals surface area (Å²) < 4.78 is 0. The number of hydrogen-bond donors (Lipinski definition) is 2. The number of aliphatic imine (C=N–C) groups is 1. The van der Waals surface area contributed by atoms with Crippen LogP contribution in [0.4, 0.5) is 0 Å². The molecule has 5 nitrogen and oxygen atoms in total. The van der Waals surface area contributed by atoms with E-state index in [-0.39, 0.29) is 24.0 Å². The van der Waals surface area contributed by atoms with E-state index in [0.717, 1.165) is 38.7 Å². The lowest BCUT2D eigenvalue weighted by Gasteiger charge is -2.36. The molecule has 3 heterocycles. The molecule has 27 heavy (non-hydrogen) atoms. The average molecular weight is 506 g/mol. The topological polar surface area (TPSA) is 42.9 Å². The molecule has 1 unspecified atom stereocenters. The maximum absolute atomic E-state index is 4.46. The van der Waals surface area contributed by atoms with Gasteiger partial charge in [-0.3, -0.25) is 14.8 Å². The molecule has 0 bridgehead atoms. The maximum Gasteiger partial charge on any atom is 0.191 e. The van der Waals surface area contributed by atoms with Crippen LogP contribution >= 0.6 is 35.3 Å². The first kappa shape index (κ1) is 22.9. The molecule has 0 spiro atoms. The summed E-state index contributed by atoms with van der Waals surface area (Å²) in [5, 5.41) is 11.7. The smallest absolute Gasteiger partial charge is 0.191 e. The number of rotatable bonds is 6. The zero-order chi connectivity index (χ0) is 18.2. The fourth-order valence-electron chi connectivity index (χ4n) is 4.19. The van der Waals surface area contributed by atoms with Gasteiger partial charge >= 0.3 is 0 Å². The molecule has 2 saturated heterocycles. The van der Waals surface area contributed by atoms with Gasteiger partial charge in [0, 0.05) is 45.3 Å². The number of nitrogens with zero attached hydrogens (tertiary/aromatic N) is 3. The summed E-state index contributed by atoms with van der Waals surface area (Å²) in [6.45, 7) is 9.10. The van der Waals surface area contributed by atoms with Crippen molar-refractivity contribution in [1.29, 1.82) is 0 Å². The molecule has 7 heteroatoms. The fourth-order valence-corrected chi connectivity index (χ4v) is 4.85. The Morgan fingerprint density at radius 1 is 1.22 bits per heavy atom. The molecule has 2 aliphatic heterocycles. The third kappa shape index (κ3) is 7.18. The van der Waals surface area contributed by atoms with Gasteiger partial charge in [0.2, 0.25) is 0 Å². The number of likely N-dealkylation sites (N-methyl/N-ethyl adjacent to an activating group) is 1. The molecule has 154 valence electrons. The summed E-state index contributed by atoms with van der Waals surface area (Å²) >= 11 is 1.79. The number of hydrogen-bond acceptors (Lipinski definition) is 4. The van der Waals surface area contributed by atoms with Gasteiger partial charge in [-0.2, -0.15) is 11.3 Å². The van der Waals surface area contributed by atoms with Gasteiger partial charge in [0.1, 0.15) is 0 Å². The Balaban J connectivity index is 0.00000261. The van der Waals surface area contributed by atoms with E-state index >= 15 is 0 Å². The Bertz CT molecular complexity index is 543. The quantitative estimate of drug-likeness (QED) is 0.354. The van der Waals surface area contributed by atoms with E-state index in [0.29, 0.717) is 12.1 Å². The fraction of sp³-hybridized carbons (Fsp3) is 0.750. The van der Waals surface area contributed by atoms with Gasteiger partial charge in [0.05, 0.1) is 0 Å². The molecule has 1 aromatic rings. The molecule has 0 aromatic carbocycles. The normalized spacial score (nSPS) is 23.0. The Hall–Kier alpha value is -0.380. The zero-order valence-corrected chi connectivity index (χ0v) is 20.0. The molecule has 0 saturated carbocycles. The van der Waals surface area contributed by atoms with Crippen molar-refractivity contribution in [2.24, 2.45) is 4.99 Å². The van der Waals surface area contributed by atoms with Crippen LogP contribution in [-0.2, 0) is 6.54 Å². The molecule has 0 aliphatic carbocycles. The Morgan fingerprint density at radius 3 is 2.70 bits per heavy atom. The number of halogens is 1. The standard InChI is InChI=1S/C20H35N5S.HI/c1-3-25-10-5-4-6-19(25)14-22-20(21-2)23-18-7-11-24(12-8-18)15-17-9-13-26-16-17;/h9,13,16,18-19H,3-8,10-12,14-15H2,1-2H3,(H2,21,22,23);1H. The van der Waals surface area contributed by atoms with Crippen LogP contribution in [0, 0.1) is 0 Å². The first-order valence-corrected chi connectivity index (χ1v) is 11.2. The van der Waals surface area contributed by atoms with E-state index in [1.54, 1.807) is 11.3 Å². The number of likely N-dealkylation sites (tertiary alicyclic amines) is 2. The SMILES string of the molecule is CCN1CCCCC1CNC(=NC)NC1CCN(Cc2ccsc2)CC1.I. The second-order valence-corrected chi connectivity index (χ2v) is 8.34. The van der Waals surface area contributed by atoms with Crippen molar-refractivity contribution in [1.82, 2.24) is 20.4 Å². The van der Waals surface area contributed by atoms with Crippen molar-refractivity contribution in [3.63, 3.8) is 0 Å². The molecule has 3 rings (SSSR count). The Morgan fingerprint density at radius 2 is 2.04 bits per heavy atom. The summed E-state index contributed by atoms with van der Waals surface area (Å²) in [5.41, 5.74) is 1.45. The predicted molar refractivity (Wildman–Crippen MR) is 127 cm³/mol. The van der Waals surface area contributed by atoms with E-state index in [1.807, 2.05) is 7.05 Å². The molecular weight excluding hydrogens is 469 g/mol. The Kier molecular flexibility index (Phi) is 10.4. The highest BCUT2D eigenvalue weighted by Gasteiger charge is 2.23. The van der Waals surface area contributed by atoms with E-state index in [1.165, 1.54) is 44.2 Å². The number of thiophene rings is 1. The van der Waals surface area contributed by atoms with Crippen molar-refractivity contribution in [2.45, 2.75) is 57.7 Å². The van der Waals surface area contributed by atoms with Gasteiger partial charge in [-0.05, 0) is 61.2 Å². The highest BCUT2D eigenvalue weighted by molar-refractivity contribution is 14.0. The van der Waals surface area contributed by atoms with Crippen LogP contribution in [0.15, 0.2) is 21.8 Å². The van der Waals surface area contributed by atoms with Gasteiger partial charge in [-0.25, -0.2) is 0 Å². The molecule has 2 aliphatic rings. The van der Waals surface area contributed by atoms with Crippen LogP contribution in [0.25, 0.3) is 0 Å². The molecule has 2 N–H and O–H groups in total. The molecule has 0 amide bonds. The highest BCUT2D eigenvalue weighted by Crippen LogP contribution is 2.17. The average Bonchev–Trinajstić information content (AvgIpc) is 3.19. The molecule has 1 aromatic heterocycles. The van der Waals surface area contributed by atoms with Crippen LogP contribution in [0.2, 0.25) is 0 Å². The predicted octanol–water partition coefficient (Wildman–Crippen LogP) is 3.37. The molecule has 0 radical (unpaired) electrons. The van der Waals surface area contributed by atoms with Gasteiger partial charge in [0.25, 0.3) is 0 Å². The van der Waals surface area contributed by atoms with Crippen LogP contribution < -0.4 is 10.6 Å². The molecular formula is C20H36IN5S. The van der Waals surface area contributed by atoms with Gasteiger partial charge in [0.15, 0.2) is 5.96 Å². The number of piperidine rings is 2. The van der Waals surface area contributed by atoms with Crippen molar-refractivity contribution in [3.05, 3.63) is 22.4 Å². The van der Waals surface area contributed by atoms with E-state index < -0.39 is 0 Å². The first-order chi connectivity index (χ1) is 12.8. The van der Waals surface area contributed by atoms with E-state index in [9.17, 15) is 0 Å². The highest BCUT2D eigenvalue weighted by atomic mass is 127.